The Labute approximate surface area is 174 Å². The first-order valence-electron chi connectivity index (χ1n) is 9.54. The fourth-order valence-electron chi connectivity index (χ4n) is 3.51. The summed E-state index contributed by atoms with van der Waals surface area (Å²) in [5.41, 5.74) is -0.239. The second kappa shape index (κ2) is 9.34. The van der Waals surface area contributed by atoms with E-state index < -0.39 is 16.5 Å². The van der Waals surface area contributed by atoms with E-state index in [-0.39, 0.29) is 28.9 Å². The van der Waals surface area contributed by atoms with Crippen LogP contribution in [0.4, 0.5) is 11.4 Å². The van der Waals surface area contributed by atoms with Crippen molar-refractivity contribution in [1.82, 2.24) is 0 Å². The van der Waals surface area contributed by atoms with Crippen molar-refractivity contribution in [1.29, 1.82) is 0 Å². The Morgan fingerprint density at radius 1 is 1.03 bits per heavy atom. The number of nitro groups is 1. The first kappa shape index (κ1) is 21.2. The molecule has 0 atom stereocenters. The van der Waals surface area contributed by atoms with Crippen molar-refractivity contribution in [3.05, 3.63) is 46.0 Å². The molecule has 3 rings (SSSR count). The Kier molecular flexibility index (Phi) is 6.61. The minimum atomic E-state index is -0.686. The third-order valence-corrected chi connectivity index (χ3v) is 4.95. The summed E-state index contributed by atoms with van der Waals surface area (Å²) in [6.07, 6.45) is 4.66. The van der Waals surface area contributed by atoms with Crippen molar-refractivity contribution in [3.8, 4) is 23.0 Å². The highest BCUT2D eigenvalue weighted by molar-refractivity contribution is 6.08. The SMILES string of the molecule is COc1cc(C(=O)Nc2ccc(OC3CCCC3)cc2)c([N+](=O)[O-])c(OC)c1OC. The number of hydrogen-bond donors (Lipinski definition) is 1. The van der Waals surface area contributed by atoms with Gasteiger partial charge in [-0.05, 0) is 49.9 Å². The summed E-state index contributed by atoms with van der Waals surface area (Å²) >= 11 is 0. The zero-order chi connectivity index (χ0) is 21.7. The molecular weight excluding hydrogens is 392 g/mol. The lowest BCUT2D eigenvalue weighted by molar-refractivity contribution is -0.386. The smallest absolute Gasteiger partial charge is 0.327 e. The van der Waals surface area contributed by atoms with E-state index in [1.807, 2.05) is 0 Å². The number of nitrogens with zero attached hydrogens (tertiary/aromatic N) is 1. The summed E-state index contributed by atoms with van der Waals surface area (Å²) in [4.78, 5) is 23.8. The van der Waals surface area contributed by atoms with Crippen molar-refractivity contribution < 1.29 is 28.7 Å². The monoisotopic (exact) mass is 416 g/mol. The first-order chi connectivity index (χ1) is 14.5. The van der Waals surface area contributed by atoms with Crippen LogP contribution in [0.5, 0.6) is 23.0 Å². The second-order valence-electron chi connectivity index (χ2n) is 6.80. The van der Waals surface area contributed by atoms with Crippen LogP contribution in [0, 0.1) is 10.1 Å². The Morgan fingerprint density at radius 3 is 2.20 bits per heavy atom. The summed E-state index contributed by atoms with van der Waals surface area (Å²) in [5, 5.41) is 14.3. The van der Waals surface area contributed by atoms with Gasteiger partial charge >= 0.3 is 5.69 Å². The molecule has 9 heteroatoms. The molecular formula is C21H24N2O7. The lowest BCUT2D eigenvalue weighted by atomic mass is 10.1. The van der Waals surface area contributed by atoms with E-state index in [0.717, 1.165) is 18.6 Å². The maximum Gasteiger partial charge on any atom is 0.327 e. The van der Waals surface area contributed by atoms with Crippen LogP contribution >= 0.6 is 0 Å². The standard InChI is InChI=1S/C21H24N2O7/c1-27-17-12-16(18(23(25)26)20(29-3)19(17)28-2)21(24)22-13-8-10-15(11-9-13)30-14-6-4-5-7-14/h8-12,14H,4-7H2,1-3H3,(H,22,24). The summed E-state index contributed by atoms with van der Waals surface area (Å²) < 4.78 is 21.4. The zero-order valence-electron chi connectivity index (χ0n) is 17.1. The maximum atomic E-state index is 12.8. The van der Waals surface area contributed by atoms with Crippen LogP contribution in [-0.4, -0.2) is 38.3 Å². The number of nitro benzene ring substituents is 1. The Bertz CT molecular complexity index is 922. The second-order valence-corrected chi connectivity index (χ2v) is 6.80. The molecule has 9 nitrogen and oxygen atoms in total. The van der Waals surface area contributed by atoms with E-state index >= 15 is 0 Å². The molecule has 160 valence electrons. The van der Waals surface area contributed by atoms with Crippen molar-refractivity contribution in [2.45, 2.75) is 31.8 Å². The molecule has 2 aromatic rings. The fourth-order valence-corrected chi connectivity index (χ4v) is 3.51. The van der Waals surface area contributed by atoms with E-state index in [4.69, 9.17) is 18.9 Å². The average Bonchev–Trinajstić information content (AvgIpc) is 3.26. The van der Waals surface area contributed by atoms with Gasteiger partial charge in [0.05, 0.1) is 32.4 Å². The number of carbonyl (C=O) groups excluding carboxylic acids is 1. The molecule has 0 saturated heterocycles. The van der Waals surface area contributed by atoms with Crippen molar-refractivity contribution >= 4 is 17.3 Å². The molecule has 1 aliphatic carbocycles. The molecule has 1 N–H and O–H groups in total. The molecule has 0 radical (unpaired) electrons. The third-order valence-electron chi connectivity index (χ3n) is 4.95. The molecule has 0 heterocycles. The van der Waals surface area contributed by atoms with E-state index in [1.165, 1.54) is 40.2 Å². The fraction of sp³-hybridized carbons (Fsp3) is 0.381. The molecule has 1 fully saturated rings. The topological polar surface area (TPSA) is 109 Å². The van der Waals surface area contributed by atoms with Crippen LogP contribution in [0.25, 0.3) is 0 Å². The van der Waals surface area contributed by atoms with E-state index in [1.54, 1.807) is 24.3 Å². The lowest BCUT2D eigenvalue weighted by Crippen LogP contribution is -2.15. The molecule has 1 saturated carbocycles. The van der Waals surface area contributed by atoms with Crippen LogP contribution in [0.1, 0.15) is 36.0 Å². The highest BCUT2D eigenvalue weighted by Crippen LogP contribution is 2.46. The minimum absolute atomic E-state index is 0.0386. The zero-order valence-corrected chi connectivity index (χ0v) is 17.1. The van der Waals surface area contributed by atoms with E-state index in [9.17, 15) is 14.9 Å². The predicted octanol–water partition coefficient (Wildman–Crippen LogP) is 4.19. The predicted molar refractivity (Wildman–Crippen MR) is 110 cm³/mol. The number of amides is 1. The van der Waals surface area contributed by atoms with Gasteiger partial charge in [0.2, 0.25) is 11.5 Å². The van der Waals surface area contributed by atoms with Gasteiger partial charge in [0, 0.05) is 11.8 Å². The number of anilines is 1. The van der Waals surface area contributed by atoms with Gasteiger partial charge in [0.25, 0.3) is 5.91 Å². The number of ether oxygens (including phenoxy) is 4. The summed E-state index contributed by atoms with van der Waals surface area (Å²) in [7, 11) is 3.96. The molecule has 1 aliphatic rings. The number of benzene rings is 2. The van der Waals surface area contributed by atoms with Gasteiger partial charge in [-0.15, -0.1) is 0 Å². The van der Waals surface area contributed by atoms with Crippen LogP contribution in [0.15, 0.2) is 30.3 Å². The van der Waals surface area contributed by atoms with Gasteiger partial charge in [-0.2, -0.15) is 0 Å². The maximum absolute atomic E-state index is 12.8. The highest BCUT2D eigenvalue weighted by atomic mass is 16.6. The van der Waals surface area contributed by atoms with Gasteiger partial charge in [0.15, 0.2) is 5.75 Å². The van der Waals surface area contributed by atoms with Gasteiger partial charge in [-0.3, -0.25) is 14.9 Å². The van der Waals surface area contributed by atoms with Crippen molar-refractivity contribution in [3.63, 3.8) is 0 Å². The lowest BCUT2D eigenvalue weighted by Gasteiger charge is -2.15. The largest absolute Gasteiger partial charge is 0.493 e. The normalized spacial score (nSPS) is 13.6. The Hall–Kier alpha value is -3.49. The van der Waals surface area contributed by atoms with Crippen LogP contribution < -0.4 is 24.3 Å². The molecule has 0 aliphatic heterocycles. The van der Waals surface area contributed by atoms with Crippen LogP contribution in [0.2, 0.25) is 0 Å². The Morgan fingerprint density at radius 2 is 1.67 bits per heavy atom. The third kappa shape index (κ3) is 4.40. The van der Waals surface area contributed by atoms with Crippen molar-refractivity contribution in [2.24, 2.45) is 0 Å². The average molecular weight is 416 g/mol. The molecule has 0 unspecified atom stereocenters. The highest BCUT2D eigenvalue weighted by Gasteiger charge is 2.32. The number of methoxy groups -OCH3 is 3. The number of rotatable bonds is 8. The van der Waals surface area contributed by atoms with Crippen LogP contribution in [0.3, 0.4) is 0 Å². The van der Waals surface area contributed by atoms with E-state index in [2.05, 4.69) is 5.32 Å². The van der Waals surface area contributed by atoms with Gasteiger partial charge < -0.3 is 24.3 Å². The molecule has 0 aromatic heterocycles. The summed E-state index contributed by atoms with van der Waals surface area (Å²) in [5.74, 6) is 0.0402. The molecule has 0 spiro atoms. The summed E-state index contributed by atoms with van der Waals surface area (Å²) in [6, 6.07) is 8.15. The number of nitrogens with one attached hydrogen (secondary N) is 1. The van der Waals surface area contributed by atoms with Crippen molar-refractivity contribution in [2.75, 3.05) is 26.6 Å². The number of carbonyl (C=O) groups is 1. The van der Waals surface area contributed by atoms with Gasteiger partial charge in [-0.25, -0.2) is 0 Å². The number of hydrogen-bond acceptors (Lipinski definition) is 7. The quantitative estimate of drug-likeness (QED) is 0.507. The van der Waals surface area contributed by atoms with Crippen LogP contribution in [-0.2, 0) is 0 Å². The Balaban J connectivity index is 1.86. The minimum Gasteiger partial charge on any atom is -0.493 e. The van der Waals surface area contributed by atoms with Gasteiger partial charge in [0.1, 0.15) is 11.3 Å². The van der Waals surface area contributed by atoms with E-state index in [0.29, 0.717) is 5.69 Å². The van der Waals surface area contributed by atoms with Gasteiger partial charge in [-0.1, -0.05) is 0 Å². The molecule has 0 bridgehead atoms. The molecule has 30 heavy (non-hydrogen) atoms. The first-order valence-corrected chi connectivity index (χ1v) is 9.54. The molecule has 1 amide bonds. The molecule has 2 aromatic carbocycles. The summed E-state index contributed by atoms with van der Waals surface area (Å²) in [6.45, 7) is 0.